The minimum absolute atomic E-state index is 0. The Hall–Kier alpha value is -2.11. The Morgan fingerprint density at radius 1 is 0.793 bits per heavy atom. The van der Waals surface area contributed by atoms with Gasteiger partial charge in [-0.25, -0.2) is 0 Å². The number of fused-ring (bicyclic) bond motifs is 2. The van der Waals surface area contributed by atoms with Crippen molar-refractivity contribution >= 4 is 50.6 Å². The van der Waals surface area contributed by atoms with Gasteiger partial charge in [-0.3, -0.25) is 9.78 Å². The van der Waals surface area contributed by atoms with Gasteiger partial charge >= 0.3 is 0 Å². The van der Waals surface area contributed by atoms with Gasteiger partial charge in [-0.1, -0.05) is 169 Å². The van der Waals surface area contributed by atoms with Crippen LogP contribution in [-0.4, -0.2) is 23.9 Å². The molecule has 6 heteroatoms. The zero-order chi connectivity index (χ0) is 41.7. The number of pyridine rings is 1. The number of carbonyl (C=O) groups is 1. The third kappa shape index (κ3) is 10.7. The van der Waals surface area contributed by atoms with E-state index < -0.39 is 8.07 Å². The van der Waals surface area contributed by atoms with Crippen LogP contribution in [-0.2, 0) is 24.9 Å². The number of aliphatic hydroxyl groups is 1. The molecule has 3 nitrogen and oxygen atoms in total. The predicted molar refractivity (Wildman–Crippen MR) is 254 cm³/mol. The summed E-state index contributed by atoms with van der Waals surface area (Å²) in [7, 11) is -1.88. The van der Waals surface area contributed by atoms with Crippen LogP contribution in [0.2, 0.25) is 16.6 Å². The molecule has 1 saturated carbocycles. The Balaban J connectivity index is 0.000000480. The zero-order valence-electron chi connectivity index (χ0n) is 38.2. The quantitative estimate of drug-likeness (QED) is 0.0441. The number of benzene rings is 2. The summed E-state index contributed by atoms with van der Waals surface area (Å²) in [6, 6.07) is 17.5. The Morgan fingerprint density at radius 2 is 1.36 bits per heavy atom. The number of hydrogen-bond acceptors (Lipinski definition) is 4. The van der Waals surface area contributed by atoms with E-state index >= 15 is 0 Å². The molecule has 0 saturated heterocycles. The molecular formula is C52H78IrNO2SSi-. The van der Waals surface area contributed by atoms with Crippen LogP contribution in [0, 0.1) is 24.8 Å². The van der Waals surface area contributed by atoms with Crippen molar-refractivity contribution in [2.75, 3.05) is 0 Å². The first-order valence-electron chi connectivity index (χ1n) is 23.4. The second-order valence-electron chi connectivity index (χ2n) is 17.1. The molecule has 1 N–H and O–H groups in total. The van der Waals surface area contributed by atoms with E-state index in [-0.39, 0.29) is 43.5 Å². The van der Waals surface area contributed by atoms with Crippen molar-refractivity contribution in [3.05, 3.63) is 71.6 Å². The molecule has 1 aliphatic rings. The molecule has 323 valence electrons. The van der Waals surface area contributed by atoms with E-state index in [4.69, 9.17) is 4.98 Å². The summed E-state index contributed by atoms with van der Waals surface area (Å²) < 4.78 is 3.25. The van der Waals surface area contributed by atoms with Gasteiger partial charge in [0, 0.05) is 54.6 Å². The second-order valence-corrected chi connectivity index (χ2v) is 23.3. The summed E-state index contributed by atoms with van der Waals surface area (Å²) in [5.74, 6) is 1.10. The normalized spacial score (nSPS) is 14.2. The Kier molecular flexibility index (Phi) is 21.1. The number of hydrogen-bond donors (Lipinski definition) is 1. The molecule has 2 heterocycles. The van der Waals surface area contributed by atoms with Crippen LogP contribution in [0.25, 0.3) is 32.1 Å². The average Bonchev–Trinajstić information content (AvgIpc) is 3.58. The maximum absolute atomic E-state index is 11.7. The van der Waals surface area contributed by atoms with Crippen molar-refractivity contribution in [1.29, 1.82) is 0 Å². The van der Waals surface area contributed by atoms with Gasteiger partial charge in [0.1, 0.15) is 8.07 Å². The molecule has 1 aliphatic carbocycles. The van der Waals surface area contributed by atoms with Gasteiger partial charge in [-0.05, 0) is 76.7 Å². The molecule has 2 aromatic carbocycles. The predicted octanol–water partition coefficient (Wildman–Crippen LogP) is 16.4. The number of carbonyl (C=O) groups excluding carboxylic acids is 1. The first-order chi connectivity index (χ1) is 27.6. The molecule has 0 unspecified atom stereocenters. The fraction of sp³-hybridized carbons (Fsp3) is 0.615. The van der Waals surface area contributed by atoms with Gasteiger partial charge < -0.3 is 5.11 Å². The monoisotopic (exact) mass is 1000 g/mol. The van der Waals surface area contributed by atoms with Crippen LogP contribution < -0.4 is 4.50 Å². The number of aryl methyl sites for hydroxylation is 1. The first-order valence-corrected chi connectivity index (χ1v) is 26.4. The van der Waals surface area contributed by atoms with Gasteiger partial charge in [0.15, 0.2) is 5.78 Å². The molecule has 5 rings (SSSR count). The Labute approximate surface area is 373 Å². The number of ketones is 1. The van der Waals surface area contributed by atoms with E-state index in [9.17, 15) is 9.90 Å². The molecule has 4 aromatic rings. The molecule has 2 aromatic heterocycles. The Bertz CT molecular complexity index is 1860. The summed E-state index contributed by atoms with van der Waals surface area (Å²) >= 11 is 2.17. The molecule has 1 radical (unpaired) electrons. The number of allylic oxidation sites excluding steroid dienone is 2. The van der Waals surface area contributed by atoms with E-state index in [0.717, 1.165) is 60.8 Å². The van der Waals surface area contributed by atoms with E-state index in [2.05, 4.69) is 108 Å². The molecule has 0 amide bonds. The van der Waals surface area contributed by atoms with E-state index in [1.807, 2.05) is 32.2 Å². The van der Waals surface area contributed by atoms with E-state index in [1.54, 1.807) is 5.56 Å². The van der Waals surface area contributed by atoms with Crippen molar-refractivity contribution in [2.45, 2.75) is 195 Å². The SMILES string of the molecule is CCC(CC)C(=O)/C=C(\O)C(CC)CC.CCC(CC)c1cc(-c2nccc3c(C)c([Si](C(CC)CC)(C(CC)CC)C4CCCCC4)sc23)[c-]c2ccccc12.[Ir]. The van der Waals surface area contributed by atoms with Crippen molar-refractivity contribution in [3.63, 3.8) is 0 Å². The largest absolute Gasteiger partial charge is 0.512 e. The summed E-state index contributed by atoms with van der Waals surface area (Å²) in [6.45, 7) is 25.2. The molecule has 58 heavy (non-hydrogen) atoms. The minimum atomic E-state index is -1.88. The summed E-state index contributed by atoms with van der Waals surface area (Å²) in [5, 5.41) is 13.8. The number of thiophene rings is 1. The summed E-state index contributed by atoms with van der Waals surface area (Å²) in [4.78, 5) is 16.9. The topological polar surface area (TPSA) is 50.2 Å². The van der Waals surface area contributed by atoms with Crippen LogP contribution in [0.15, 0.2) is 54.4 Å². The average molecular weight is 1000 g/mol. The van der Waals surface area contributed by atoms with Crippen LogP contribution in [0.4, 0.5) is 0 Å². The standard InChI is InChI=1S/C39H54NSSi.C13H24O2.Ir/c1-8-28(9-2)36-26-30(25-29-19-17-18-22-35(29)36)37-38-34(23-24-40-37)27(7)39(41-38)42(31(10-3)11-4,32(12-5)13-6)33-20-15-14-16-21-33;1-5-10(6-2)12(14)9-13(15)11(7-3)8-4;/h17-19,22-24,26,28,31-33H,8-16,20-21H2,1-7H3;9-11,14H,5-8H2,1-4H3;/q-1;;/b;12-9-;. The smallest absolute Gasteiger partial charge is 0.162 e. The maximum Gasteiger partial charge on any atom is 0.162 e. The van der Waals surface area contributed by atoms with Crippen LogP contribution in [0.1, 0.15) is 183 Å². The Morgan fingerprint density at radius 3 is 1.90 bits per heavy atom. The maximum atomic E-state index is 11.7. The van der Waals surface area contributed by atoms with Crippen molar-refractivity contribution < 1.29 is 30.0 Å². The van der Waals surface area contributed by atoms with Gasteiger partial charge in [0.2, 0.25) is 0 Å². The van der Waals surface area contributed by atoms with E-state index in [0.29, 0.717) is 5.92 Å². The molecular weight excluding hydrogens is 923 g/mol. The minimum Gasteiger partial charge on any atom is -0.512 e. The number of nitrogens with zero attached hydrogens (tertiary/aromatic N) is 1. The van der Waals surface area contributed by atoms with Crippen molar-refractivity contribution in [2.24, 2.45) is 11.8 Å². The summed E-state index contributed by atoms with van der Waals surface area (Å²) in [6.07, 6.45) is 21.8. The zero-order valence-corrected chi connectivity index (χ0v) is 42.4. The summed E-state index contributed by atoms with van der Waals surface area (Å²) in [5.41, 5.74) is 8.02. The van der Waals surface area contributed by atoms with Crippen molar-refractivity contribution in [1.82, 2.24) is 4.98 Å². The number of aromatic nitrogens is 1. The third-order valence-electron chi connectivity index (χ3n) is 14.4. The van der Waals surface area contributed by atoms with Crippen LogP contribution >= 0.6 is 11.3 Å². The molecule has 0 spiro atoms. The molecule has 1 fully saturated rings. The molecule has 0 atom stereocenters. The fourth-order valence-electron chi connectivity index (χ4n) is 11.0. The van der Waals surface area contributed by atoms with Crippen LogP contribution in [0.5, 0.6) is 0 Å². The number of aliphatic hydroxyl groups excluding tert-OH is 1. The van der Waals surface area contributed by atoms with Crippen molar-refractivity contribution in [3.8, 4) is 11.3 Å². The molecule has 0 bridgehead atoms. The van der Waals surface area contributed by atoms with Gasteiger partial charge in [0.25, 0.3) is 0 Å². The fourth-order valence-corrected chi connectivity index (χ4v) is 22.6. The van der Waals surface area contributed by atoms with Gasteiger partial charge in [0.05, 0.1) is 5.76 Å². The second kappa shape index (κ2) is 24.4. The molecule has 0 aliphatic heterocycles. The third-order valence-corrected chi connectivity index (χ3v) is 24.3. The van der Waals surface area contributed by atoms with Crippen LogP contribution in [0.3, 0.4) is 0 Å². The first kappa shape index (κ1) is 50.2. The van der Waals surface area contributed by atoms with Gasteiger partial charge in [-0.2, -0.15) is 11.3 Å². The van der Waals surface area contributed by atoms with Gasteiger partial charge in [-0.15, -0.1) is 29.1 Å². The number of rotatable bonds is 19. The van der Waals surface area contributed by atoms with E-state index in [1.165, 1.54) is 95.8 Å².